The lowest BCUT2D eigenvalue weighted by atomic mass is 9.84. The van der Waals surface area contributed by atoms with Gasteiger partial charge in [0.05, 0.1) is 12.5 Å². The highest BCUT2D eigenvalue weighted by molar-refractivity contribution is 5.80. The van der Waals surface area contributed by atoms with Crippen LogP contribution in [0.4, 0.5) is 0 Å². The number of rotatable bonds is 4. The first kappa shape index (κ1) is 11.5. The number of amides is 1. The second-order valence-electron chi connectivity index (χ2n) is 6.31. The van der Waals surface area contributed by atoms with Gasteiger partial charge in [-0.3, -0.25) is 4.79 Å². The lowest BCUT2D eigenvalue weighted by Gasteiger charge is -2.27. The molecular formula is C13H22N2O2. The van der Waals surface area contributed by atoms with E-state index in [-0.39, 0.29) is 29.9 Å². The van der Waals surface area contributed by atoms with E-state index >= 15 is 0 Å². The molecule has 0 aromatic rings. The molecule has 0 saturated heterocycles. The van der Waals surface area contributed by atoms with Crippen LogP contribution >= 0.6 is 0 Å². The molecule has 2 bridgehead atoms. The zero-order valence-corrected chi connectivity index (χ0v) is 10.2. The van der Waals surface area contributed by atoms with Gasteiger partial charge in [-0.15, -0.1) is 0 Å². The lowest BCUT2D eigenvalue weighted by Crippen LogP contribution is -2.46. The van der Waals surface area contributed by atoms with Crippen molar-refractivity contribution in [2.45, 2.75) is 38.1 Å². The zero-order valence-electron chi connectivity index (χ0n) is 10.2. The number of carbonyl (C=O) groups excluding carboxylic acids is 1. The molecule has 0 aromatic carbocycles. The van der Waals surface area contributed by atoms with Gasteiger partial charge in [-0.25, -0.2) is 0 Å². The summed E-state index contributed by atoms with van der Waals surface area (Å²) < 4.78 is 0. The maximum Gasteiger partial charge on any atom is 0.224 e. The molecule has 0 heterocycles. The van der Waals surface area contributed by atoms with E-state index < -0.39 is 0 Å². The number of fused-ring (bicyclic) bond motifs is 2. The van der Waals surface area contributed by atoms with Gasteiger partial charge in [0.1, 0.15) is 0 Å². The summed E-state index contributed by atoms with van der Waals surface area (Å²) >= 11 is 0. The van der Waals surface area contributed by atoms with E-state index in [0.29, 0.717) is 18.4 Å². The molecule has 0 spiro atoms. The highest BCUT2D eigenvalue weighted by Crippen LogP contribution is 2.48. The molecule has 4 unspecified atom stereocenters. The van der Waals surface area contributed by atoms with Crippen LogP contribution in [-0.4, -0.2) is 30.2 Å². The van der Waals surface area contributed by atoms with E-state index in [0.717, 1.165) is 19.3 Å². The molecule has 96 valence electrons. The van der Waals surface area contributed by atoms with Crippen molar-refractivity contribution in [3.63, 3.8) is 0 Å². The standard InChI is InChI=1S/C13H22N2O2/c14-11-9-2-1-8(5-9)10(11)12(17)15-6-13(7-16)3-4-13/h8-11,16H,1-7,14H2,(H,15,17). The second-order valence-corrected chi connectivity index (χ2v) is 6.31. The van der Waals surface area contributed by atoms with Crippen molar-refractivity contribution in [1.29, 1.82) is 0 Å². The molecule has 4 heteroatoms. The van der Waals surface area contributed by atoms with Crippen LogP contribution in [0.5, 0.6) is 0 Å². The fraction of sp³-hybridized carbons (Fsp3) is 0.923. The monoisotopic (exact) mass is 238 g/mol. The minimum Gasteiger partial charge on any atom is -0.396 e. The molecule has 3 saturated carbocycles. The number of aliphatic hydroxyl groups excluding tert-OH is 1. The summed E-state index contributed by atoms with van der Waals surface area (Å²) in [4.78, 5) is 12.2. The topological polar surface area (TPSA) is 75.4 Å². The van der Waals surface area contributed by atoms with Crippen LogP contribution in [0.15, 0.2) is 0 Å². The quantitative estimate of drug-likeness (QED) is 0.657. The fourth-order valence-corrected chi connectivity index (χ4v) is 3.68. The molecule has 0 aromatic heterocycles. The van der Waals surface area contributed by atoms with Crippen molar-refractivity contribution in [1.82, 2.24) is 5.32 Å². The summed E-state index contributed by atoms with van der Waals surface area (Å²) in [6.45, 7) is 0.818. The fourth-order valence-electron chi connectivity index (χ4n) is 3.68. The number of carbonyl (C=O) groups is 1. The van der Waals surface area contributed by atoms with Gasteiger partial charge >= 0.3 is 0 Å². The van der Waals surface area contributed by atoms with Crippen molar-refractivity contribution in [3.05, 3.63) is 0 Å². The molecule has 3 aliphatic carbocycles. The zero-order chi connectivity index (χ0) is 12.0. The van der Waals surface area contributed by atoms with Crippen LogP contribution in [0.2, 0.25) is 0 Å². The molecule has 3 fully saturated rings. The van der Waals surface area contributed by atoms with Crippen molar-refractivity contribution < 1.29 is 9.90 Å². The maximum atomic E-state index is 12.2. The SMILES string of the molecule is NC1C2CCC(C2)C1C(=O)NCC1(CO)CC1. The van der Waals surface area contributed by atoms with Gasteiger partial charge in [-0.1, -0.05) is 0 Å². The third kappa shape index (κ3) is 1.87. The van der Waals surface area contributed by atoms with Crippen molar-refractivity contribution in [2.75, 3.05) is 13.2 Å². The van der Waals surface area contributed by atoms with E-state index in [1.807, 2.05) is 0 Å². The highest BCUT2D eigenvalue weighted by atomic mass is 16.3. The first-order valence-electron chi connectivity index (χ1n) is 6.79. The first-order valence-corrected chi connectivity index (χ1v) is 6.79. The molecule has 17 heavy (non-hydrogen) atoms. The van der Waals surface area contributed by atoms with Crippen molar-refractivity contribution in [3.8, 4) is 0 Å². The predicted octanol–water partition coefficient (Wildman–Crippen LogP) is 0.248. The smallest absolute Gasteiger partial charge is 0.224 e. The van der Waals surface area contributed by atoms with E-state index in [2.05, 4.69) is 5.32 Å². The van der Waals surface area contributed by atoms with E-state index in [1.54, 1.807) is 0 Å². The third-order valence-electron chi connectivity index (χ3n) is 5.21. The summed E-state index contributed by atoms with van der Waals surface area (Å²) in [5, 5.41) is 12.2. The Labute approximate surface area is 102 Å². The molecule has 0 radical (unpaired) electrons. The van der Waals surface area contributed by atoms with Gasteiger partial charge in [0.2, 0.25) is 5.91 Å². The minimum atomic E-state index is -0.00260. The Morgan fingerprint density at radius 1 is 1.35 bits per heavy atom. The summed E-state index contributed by atoms with van der Waals surface area (Å²) in [6, 6.07) is 0.0676. The average Bonchev–Trinajstić information content (AvgIpc) is 2.85. The largest absolute Gasteiger partial charge is 0.396 e. The summed E-state index contributed by atoms with van der Waals surface area (Å²) in [5.41, 5.74) is 6.14. The predicted molar refractivity (Wildman–Crippen MR) is 64.1 cm³/mol. The van der Waals surface area contributed by atoms with Crippen LogP contribution in [0.25, 0.3) is 0 Å². The van der Waals surface area contributed by atoms with E-state index in [9.17, 15) is 9.90 Å². The van der Waals surface area contributed by atoms with Gasteiger partial charge in [0.25, 0.3) is 0 Å². The second kappa shape index (κ2) is 3.95. The summed E-state index contributed by atoms with van der Waals surface area (Å²) in [6.07, 6.45) is 5.58. The first-order chi connectivity index (χ1) is 8.15. The molecule has 4 N–H and O–H groups in total. The Morgan fingerprint density at radius 3 is 2.59 bits per heavy atom. The molecule has 3 rings (SSSR count). The van der Waals surface area contributed by atoms with Crippen molar-refractivity contribution in [2.24, 2.45) is 28.9 Å². The Bertz CT molecular complexity index is 325. The van der Waals surface area contributed by atoms with E-state index in [4.69, 9.17) is 5.73 Å². The Kier molecular flexibility index (Phi) is 2.67. The maximum absolute atomic E-state index is 12.2. The number of nitrogens with one attached hydrogen (secondary N) is 1. The normalized spacial score (nSPS) is 41.5. The van der Waals surface area contributed by atoms with E-state index in [1.165, 1.54) is 12.8 Å². The van der Waals surface area contributed by atoms with Crippen LogP contribution in [0, 0.1) is 23.2 Å². The number of aliphatic hydroxyl groups is 1. The molecular weight excluding hydrogens is 216 g/mol. The molecule has 4 atom stereocenters. The van der Waals surface area contributed by atoms with Crippen LogP contribution in [-0.2, 0) is 4.79 Å². The number of nitrogens with two attached hydrogens (primary N) is 1. The molecule has 1 amide bonds. The Hall–Kier alpha value is -0.610. The van der Waals surface area contributed by atoms with Gasteiger partial charge in [0.15, 0.2) is 0 Å². The third-order valence-corrected chi connectivity index (χ3v) is 5.21. The minimum absolute atomic E-state index is 0.00260. The molecule has 3 aliphatic rings. The van der Waals surface area contributed by atoms with Crippen LogP contribution < -0.4 is 11.1 Å². The van der Waals surface area contributed by atoms with Gasteiger partial charge < -0.3 is 16.2 Å². The summed E-state index contributed by atoms with van der Waals surface area (Å²) in [7, 11) is 0. The lowest BCUT2D eigenvalue weighted by molar-refractivity contribution is -0.127. The van der Waals surface area contributed by atoms with Gasteiger partial charge in [0, 0.05) is 18.0 Å². The number of hydrogen-bond donors (Lipinski definition) is 3. The van der Waals surface area contributed by atoms with Crippen LogP contribution in [0.3, 0.4) is 0 Å². The molecule has 4 nitrogen and oxygen atoms in total. The van der Waals surface area contributed by atoms with Crippen LogP contribution in [0.1, 0.15) is 32.1 Å². The average molecular weight is 238 g/mol. The van der Waals surface area contributed by atoms with Gasteiger partial charge in [-0.05, 0) is 43.9 Å². The van der Waals surface area contributed by atoms with Crippen molar-refractivity contribution >= 4 is 5.91 Å². The Balaban J connectivity index is 1.56. The Morgan fingerprint density at radius 2 is 2.06 bits per heavy atom. The molecule has 0 aliphatic heterocycles. The van der Waals surface area contributed by atoms with Gasteiger partial charge in [-0.2, -0.15) is 0 Å². The highest BCUT2D eigenvalue weighted by Gasteiger charge is 2.50. The summed E-state index contributed by atoms with van der Waals surface area (Å²) in [5.74, 6) is 1.25. The number of hydrogen-bond acceptors (Lipinski definition) is 3.